The second kappa shape index (κ2) is 6.25. The first kappa shape index (κ1) is 14.8. The molecule has 1 fully saturated rings. The van der Waals surface area contributed by atoms with Crippen molar-refractivity contribution in [3.05, 3.63) is 27.7 Å². The van der Waals surface area contributed by atoms with Gasteiger partial charge in [0.15, 0.2) is 0 Å². The minimum atomic E-state index is -0.425. The zero-order valence-corrected chi connectivity index (χ0v) is 13.3. The van der Waals surface area contributed by atoms with Gasteiger partial charge >= 0.3 is 0 Å². The number of carbonyl (C=O) groups excluding carboxylic acids is 1. The molecule has 2 N–H and O–H groups in total. The number of amides is 1. The van der Waals surface area contributed by atoms with Gasteiger partial charge in [-0.2, -0.15) is 0 Å². The summed E-state index contributed by atoms with van der Waals surface area (Å²) in [4.78, 5) is 12.5. The molecule has 1 aliphatic heterocycles. The van der Waals surface area contributed by atoms with E-state index in [9.17, 15) is 4.79 Å². The predicted molar refractivity (Wildman–Crippen MR) is 82.7 cm³/mol. The van der Waals surface area contributed by atoms with E-state index >= 15 is 0 Å². The third-order valence-corrected chi connectivity index (χ3v) is 4.34. The molecule has 1 unspecified atom stereocenters. The summed E-state index contributed by atoms with van der Waals surface area (Å²) in [6.45, 7) is 3.00. The van der Waals surface area contributed by atoms with Crippen LogP contribution in [0.4, 0.5) is 5.69 Å². The van der Waals surface area contributed by atoms with Gasteiger partial charge in [-0.25, -0.2) is 0 Å². The molecule has 5 heteroatoms. The van der Waals surface area contributed by atoms with Crippen molar-refractivity contribution in [2.75, 3.05) is 11.9 Å². The van der Waals surface area contributed by atoms with Gasteiger partial charge in [-0.15, -0.1) is 0 Å². The van der Waals surface area contributed by atoms with Gasteiger partial charge < -0.3 is 10.6 Å². The van der Waals surface area contributed by atoms with E-state index in [0.717, 1.165) is 36.7 Å². The Kier molecular flexibility index (Phi) is 4.87. The van der Waals surface area contributed by atoms with Crippen LogP contribution in [0.15, 0.2) is 22.7 Å². The molecule has 1 heterocycles. The molecule has 1 amide bonds. The van der Waals surface area contributed by atoms with E-state index in [4.69, 9.17) is 11.6 Å². The number of hydrogen-bond donors (Lipinski definition) is 2. The van der Waals surface area contributed by atoms with Crippen LogP contribution in [0, 0.1) is 0 Å². The van der Waals surface area contributed by atoms with Crippen molar-refractivity contribution in [1.29, 1.82) is 0 Å². The highest BCUT2D eigenvalue weighted by Crippen LogP contribution is 2.30. The first-order valence-electron chi connectivity index (χ1n) is 6.59. The quantitative estimate of drug-likeness (QED) is 0.867. The van der Waals surface area contributed by atoms with Crippen LogP contribution in [0.5, 0.6) is 0 Å². The van der Waals surface area contributed by atoms with Gasteiger partial charge in [-0.1, -0.05) is 40.9 Å². The van der Waals surface area contributed by atoms with Gasteiger partial charge in [0.1, 0.15) is 0 Å². The third kappa shape index (κ3) is 3.30. The third-order valence-electron chi connectivity index (χ3n) is 3.53. The topological polar surface area (TPSA) is 41.1 Å². The number of nitrogens with one attached hydrogen (secondary N) is 2. The molecule has 1 atom stereocenters. The fraction of sp³-hybridized carbons (Fsp3) is 0.500. The number of anilines is 1. The maximum atomic E-state index is 12.5. The van der Waals surface area contributed by atoms with Gasteiger partial charge in [0, 0.05) is 4.47 Å². The molecule has 3 nitrogen and oxygen atoms in total. The van der Waals surface area contributed by atoms with Gasteiger partial charge in [0.2, 0.25) is 5.91 Å². The van der Waals surface area contributed by atoms with Crippen LogP contribution in [-0.4, -0.2) is 18.0 Å². The summed E-state index contributed by atoms with van der Waals surface area (Å²) in [5.41, 5.74) is 0.240. The summed E-state index contributed by atoms with van der Waals surface area (Å²) in [5.74, 6) is 0.0241. The molecule has 2 rings (SSSR count). The van der Waals surface area contributed by atoms with Crippen LogP contribution < -0.4 is 10.6 Å². The molecular formula is C14H18BrClN2O. The molecule has 1 aromatic carbocycles. The highest BCUT2D eigenvalue weighted by Gasteiger charge is 2.40. The van der Waals surface area contributed by atoms with Crippen molar-refractivity contribution in [1.82, 2.24) is 5.32 Å². The largest absolute Gasteiger partial charge is 0.323 e. The van der Waals surface area contributed by atoms with E-state index in [0.29, 0.717) is 10.7 Å². The average Bonchev–Trinajstić information content (AvgIpc) is 2.83. The van der Waals surface area contributed by atoms with Crippen LogP contribution >= 0.6 is 27.5 Å². The summed E-state index contributed by atoms with van der Waals surface area (Å²) >= 11 is 9.49. The number of rotatable bonds is 4. The molecule has 0 saturated carbocycles. The lowest BCUT2D eigenvalue weighted by Gasteiger charge is -2.28. The maximum Gasteiger partial charge on any atom is 0.244 e. The summed E-state index contributed by atoms with van der Waals surface area (Å²) in [6, 6.07) is 5.47. The van der Waals surface area contributed by atoms with Gasteiger partial charge in [0.05, 0.1) is 16.2 Å². The molecule has 0 spiro atoms. The molecule has 0 aliphatic carbocycles. The molecule has 0 aromatic heterocycles. The molecule has 19 heavy (non-hydrogen) atoms. The highest BCUT2D eigenvalue weighted by atomic mass is 79.9. The number of halogens is 2. The smallest absolute Gasteiger partial charge is 0.244 e. The van der Waals surface area contributed by atoms with E-state index in [1.165, 1.54) is 0 Å². The SMILES string of the molecule is CCCC1(C(=O)Nc2ccc(Br)cc2Cl)CCCN1. The Morgan fingerprint density at radius 1 is 1.58 bits per heavy atom. The van der Waals surface area contributed by atoms with Crippen molar-refractivity contribution in [2.24, 2.45) is 0 Å². The molecular weight excluding hydrogens is 328 g/mol. The molecule has 0 bridgehead atoms. The Balaban J connectivity index is 2.15. The van der Waals surface area contributed by atoms with E-state index in [1.807, 2.05) is 12.1 Å². The number of hydrogen-bond acceptors (Lipinski definition) is 2. The van der Waals surface area contributed by atoms with E-state index < -0.39 is 5.54 Å². The van der Waals surface area contributed by atoms with Crippen LogP contribution in [0.25, 0.3) is 0 Å². The maximum absolute atomic E-state index is 12.5. The first-order valence-corrected chi connectivity index (χ1v) is 7.76. The zero-order valence-electron chi connectivity index (χ0n) is 10.9. The minimum absolute atomic E-state index is 0.0241. The zero-order chi connectivity index (χ0) is 13.9. The van der Waals surface area contributed by atoms with Crippen LogP contribution in [0.1, 0.15) is 32.6 Å². The Labute approximate surface area is 127 Å². The van der Waals surface area contributed by atoms with Gasteiger partial charge in [0.25, 0.3) is 0 Å². The summed E-state index contributed by atoms with van der Waals surface area (Å²) in [5, 5.41) is 6.86. The van der Waals surface area contributed by atoms with Crippen LogP contribution in [-0.2, 0) is 4.79 Å². The van der Waals surface area contributed by atoms with E-state index in [1.54, 1.807) is 6.07 Å². The Hall–Kier alpha value is -0.580. The first-order chi connectivity index (χ1) is 9.07. The van der Waals surface area contributed by atoms with Gasteiger partial charge in [-0.3, -0.25) is 4.79 Å². The van der Waals surface area contributed by atoms with Crippen molar-refractivity contribution >= 4 is 39.1 Å². The number of carbonyl (C=O) groups is 1. The highest BCUT2D eigenvalue weighted by molar-refractivity contribution is 9.10. The molecule has 0 radical (unpaired) electrons. The monoisotopic (exact) mass is 344 g/mol. The second-order valence-electron chi connectivity index (χ2n) is 4.94. The minimum Gasteiger partial charge on any atom is -0.323 e. The predicted octanol–water partition coefficient (Wildman–Crippen LogP) is 3.96. The van der Waals surface area contributed by atoms with Crippen molar-refractivity contribution in [2.45, 2.75) is 38.1 Å². The Bertz CT molecular complexity index is 473. The lowest BCUT2D eigenvalue weighted by molar-refractivity contribution is -0.122. The summed E-state index contributed by atoms with van der Waals surface area (Å²) in [6.07, 6.45) is 3.77. The molecule has 104 valence electrons. The lowest BCUT2D eigenvalue weighted by Crippen LogP contribution is -2.50. The summed E-state index contributed by atoms with van der Waals surface area (Å²) < 4.78 is 0.901. The van der Waals surface area contributed by atoms with E-state index in [-0.39, 0.29) is 5.91 Å². The molecule has 1 saturated heterocycles. The summed E-state index contributed by atoms with van der Waals surface area (Å²) in [7, 11) is 0. The standard InChI is InChI=1S/C14H18BrClN2O/c1-2-6-14(7-3-8-17-14)13(19)18-12-5-4-10(15)9-11(12)16/h4-5,9,17H,2-3,6-8H2,1H3,(H,18,19). The molecule has 1 aliphatic rings. The fourth-order valence-corrected chi connectivity index (χ4v) is 3.31. The Morgan fingerprint density at radius 2 is 2.37 bits per heavy atom. The second-order valence-corrected chi connectivity index (χ2v) is 6.26. The number of benzene rings is 1. The van der Waals surface area contributed by atoms with Gasteiger partial charge in [-0.05, 0) is 44.0 Å². The lowest BCUT2D eigenvalue weighted by atomic mass is 9.91. The van der Waals surface area contributed by atoms with Crippen LogP contribution in [0.2, 0.25) is 5.02 Å². The van der Waals surface area contributed by atoms with Crippen molar-refractivity contribution < 1.29 is 4.79 Å². The van der Waals surface area contributed by atoms with Crippen molar-refractivity contribution in [3.63, 3.8) is 0 Å². The van der Waals surface area contributed by atoms with Crippen molar-refractivity contribution in [3.8, 4) is 0 Å². The van der Waals surface area contributed by atoms with Crippen LogP contribution in [0.3, 0.4) is 0 Å². The molecule has 1 aromatic rings. The Morgan fingerprint density at radius 3 is 2.95 bits per heavy atom. The van der Waals surface area contributed by atoms with E-state index in [2.05, 4.69) is 33.5 Å². The fourth-order valence-electron chi connectivity index (χ4n) is 2.59. The normalized spacial score (nSPS) is 22.5. The average molecular weight is 346 g/mol.